The maximum absolute atomic E-state index is 12.1. The Kier molecular flexibility index (Phi) is 4.35. The smallest absolute Gasteiger partial charge is 0.355 e. The van der Waals surface area contributed by atoms with E-state index in [1.807, 2.05) is 44.2 Å². The Morgan fingerprint density at radius 1 is 1.30 bits per heavy atom. The van der Waals surface area contributed by atoms with Crippen molar-refractivity contribution in [2.75, 3.05) is 0 Å². The van der Waals surface area contributed by atoms with E-state index >= 15 is 0 Å². The number of hydrogen-bond acceptors (Lipinski definition) is 3. The zero-order chi connectivity index (χ0) is 14.5. The fraction of sp³-hybridized carbons (Fsp3) is 0.250. The van der Waals surface area contributed by atoms with E-state index in [9.17, 15) is 9.59 Å². The third-order valence-corrected chi connectivity index (χ3v) is 3.31. The number of nitrogens with one attached hydrogen (secondary N) is 1. The van der Waals surface area contributed by atoms with Gasteiger partial charge in [-0.05, 0) is 30.0 Å². The monoisotopic (exact) mass is 271 g/mol. The molecule has 0 aliphatic carbocycles. The summed E-state index contributed by atoms with van der Waals surface area (Å²) in [6, 6.07) is 9.48. The lowest BCUT2D eigenvalue weighted by Crippen LogP contribution is -2.08. The molecule has 0 fully saturated rings. The Morgan fingerprint density at radius 3 is 2.60 bits per heavy atom. The van der Waals surface area contributed by atoms with Gasteiger partial charge in [-0.25, -0.2) is 4.79 Å². The molecule has 20 heavy (non-hydrogen) atoms. The van der Waals surface area contributed by atoms with Crippen LogP contribution >= 0.6 is 0 Å². The number of carbonyl (C=O) groups excluding carboxylic acids is 2. The van der Waals surface area contributed by atoms with Crippen molar-refractivity contribution < 1.29 is 14.3 Å². The molecule has 4 nitrogen and oxygen atoms in total. The molecule has 4 heteroatoms. The number of aldehydes is 1. The van der Waals surface area contributed by atoms with Gasteiger partial charge in [0, 0.05) is 0 Å². The van der Waals surface area contributed by atoms with Gasteiger partial charge in [0.15, 0.2) is 6.29 Å². The van der Waals surface area contributed by atoms with Crippen molar-refractivity contribution in [3.63, 3.8) is 0 Å². The molecule has 0 unspecified atom stereocenters. The number of esters is 1. The van der Waals surface area contributed by atoms with E-state index in [1.54, 1.807) is 0 Å². The van der Waals surface area contributed by atoms with Crippen molar-refractivity contribution in [2.24, 2.45) is 0 Å². The molecule has 2 aromatic rings. The van der Waals surface area contributed by atoms with Crippen LogP contribution in [-0.4, -0.2) is 17.2 Å². The second kappa shape index (κ2) is 6.19. The first-order valence-corrected chi connectivity index (χ1v) is 6.55. The van der Waals surface area contributed by atoms with Crippen LogP contribution in [0, 0.1) is 6.92 Å². The summed E-state index contributed by atoms with van der Waals surface area (Å²) >= 11 is 0. The summed E-state index contributed by atoms with van der Waals surface area (Å²) in [6.45, 7) is 3.99. The van der Waals surface area contributed by atoms with E-state index in [1.165, 1.54) is 0 Å². The van der Waals surface area contributed by atoms with Crippen LogP contribution in [0.3, 0.4) is 0 Å². The minimum absolute atomic E-state index is 0.220. The molecule has 0 aliphatic heterocycles. The van der Waals surface area contributed by atoms with E-state index in [2.05, 4.69) is 4.98 Å². The largest absolute Gasteiger partial charge is 0.456 e. The highest BCUT2D eigenvalue weighted by Gasteiger charge is 2.19. The summed E-state index contributed by atoms with van der Waals surface area (Å²) in [5.41, 5.74) is 3.40. The van der Waals surface area contributed by atoms with Crippen molar-refractivity contribution in [3.8, 4) is 0 Å². The molecular weight excluding hydrogens is 254 g/mol. The number of aromatic amines is 1. The zero-order valence-electron chi connectivity index (χ0n) is 11.6. The number of H-pyrrole nitrogens is 1. The predicted molar refractivity (Wildman–Crippen MR) is 75.9 cm³/mol. The molecule has 0 radical (unpaired) electrons. The number of benzene rings is 1. The quantitative estimate of drug-likeness (QED) is 0.671. The third kappa shape index (κ3) is 2.79. The van der Waals surface area contributed by atoms with E-state index < -0.39 is 5.97 Å². The van der Waals surface area contributed by atoms with Gasteiger partial charge in [0.1, 0.15) is 12.3 Å². The molecule has 0 spiro atoms. The van der Waals surface area contributed by atoms with Crippen LogP contribution in [0.25, 0.3) is 0 Å². The Labute approximate surface area is 117 Å². The first-order chi connectivity index (χ1) is 9.67. The average molecular weight is 271 g/mol. The molecule has 104 valence electrons. The lowest BCUT2D eigenvalue weighted by atomic mass is 10.1. The lowest BCUT2D eigenvalue weighted by molar-refractivity contribution is 0.0465. The molecule has 2 rings (SSSR count). The van der Waals surface area contributed by atoms with Crippen molar-refractivity contribution in [3.05, 3.63) is 58.4 Å². The SMILES string of the molecule is CCc1c(C(=O)OCc2ccccc2)[nH]c(C=O)c1C. The molecule has 0 aliphatic rings. The number of hydrogen-bond donors (Lipinski definition) is 1. The van der Waals surface area contributed by atoms with E-state index in [0.29, 0.717) is 17.8 Å². The fourth-order valence-corrected chi connectivity index (χ4v) is 2.18. The molecular formula is C16H17NO3. The van der Waals surface area contributed by atoms with E-state index in [4.69, 9.17) is 4.74 Å². The maximum atomic E-state index is 12.1. The van der Waals surface area contributed by atoms with Gasteiger partial charge in [-0.2, -0.15) is 0 Å². The zero-order valence-corrected chi connectivity index (χ0v) is 11.6. The molecule has 0 bridgehead atoms. The summed E-state index contributed by atoms with van der Waals surface area (Å²) in [6.07, 6.45) is 1.40. The van der Waals surface area contributed by atoms with E-state index in [0.717, 1.165) is 23.0 Å². The third-order valence-electron chi connectivity index (χ3n) is 3.31. The molecule has 1 aromatic carbocycles. The maximum Gasteiger partial charge on any atom is 0.355 e. The standard InChI is InChI=1S/C16H17NO3/c1-3-13-11(2)14(9-18)17-15(13)16(19)20-10-12-7-5-4-6-8-12/h4-9,17H,3,10H2,1-2H3. The fourth-order valence-electron chi connectivity index (χ4n) is 2.18. The van der Waals surface area contributed by atoms with Crippen LogP contribution in [0.1, 0.15) is 44.6 Å². The van der Waals surface area contributed by atoms with Crippen molar-refractivity contribution >= 4 is 12.3 Å². The number of carbonyl (C=O) groups is 2. The Bertz CT molecular complexity index is 614. The van der Waals surface area contributed by atoms with Crippen molar-refractivity contribution in [1.29, 1.82) is 0 Å². The molecule has 0 amide bonds. The van der Waals surface area contributed by atoms with Gasteiger partial charge >= 0.3 is 5.97 Å². The molecule has 1 heterocycles. The summed E-state index contributed by atoms with van der Waals surface area (Å²) in [4.78, 5) is 25.9. The molecule has 1 N–H and O–H groups in total. The Hall–Kier alpha value is -2.36. The van der Waals surface area contributed by atoms with Gasteiger partial charge in [-0.1, -0.05) is 37.3 Å². The highest BCUT2D eigenvalue weighted by atomic mass is 16.5. The summed E-state index contributed by atoms with van der Waals surface area (Å²) in [5, 5.41) is 0. The molecule has 0 saturated carbocycles. The van der Waals surface area contributed by atoms with Crippen LogP contribution < -0.4 is 0 Å². The van der Waals surface area contributed by atoms with Gasteiger partial charge in [0.05, 0.1) is 5.69 Å². The van der Waals surface area contributed by atoms with Gasteiger partial charge < -0.3 is 9.72 Å². The number of ether oxygens (including phenoxy) is 1. The average Bonchev–Trinajstić information content (AvgIpc) is 2.82. The number of rotatable bonds is 5. The van der Waals surface area contributed by atoms with Crippen molar-refractivity contribution in [2.45, 2.75) is 26.9 Å². The van der Waals surface area contributed by atoms with Crippen LogP contribution in [0.4, 0.5) is 0 Å². The highest BCUT2D eigenvalue weighted by Crippen LogP contribution is 2.19. The minimum atomic E-state index is -0.429. The molecule has 1 aromatic heterocycles. The van der Waals surface area contributed by atoms with Crippen LogP contribution in [0.5, 0.6) is 0 Å². The minimum Gasteiger partial charge on any atom is -0.456 e. The second-order valence-electron chi connectivity index (χ2n) is 4.55. The lowest BCUT2D eigenvalue weighted by Gasteiger charge is -2.05. The second-order valence-corrected chi connectivity index (χ2v) is 4.55. The van der Waals surface area contributed by atoms with Crippen LogP contribution in [0.15, 0.2) is 30.3 Å². The van der Waals surface area contributed by atoms with Crippen LogP contribution in [0.2, 0.25) is 0 Å². The highest BCUT2D eigenvalue weighted by molar-refractivity contribution is 5.92. The number of aromatic nitrogens is 1. The Balaban J connectivity index is 2.15. The van der Waals surface area contributed by atoms with E-state index in [-0.39, 0.29) is 6.61 Å². The first kappa shape index (κ1) is 14.1. The van der Waals surface area contributed by atoms with Crippen molar-refractivity contribution in [1.82, 2.24) is 4.98 Å². The van der Waals surface area contributed by atoms with Gasteiger partial charge in [0.2, 0.25) is 0 Å². The summed E-state index contributed by atoms with van der Waals surface area (Å²) in [7, 11) is 0. The predicted octanol–water partition coefficient (Wildman–Crippen LogP) is 3.06. The topological polar surface area (TPSA) is 59.2 Å². The molecule has 0 atom stereocenters. The van der Waals surface area contributed by atoms with Gasteiger partial charge in [-0.3, -0.25) is 4.79 Å². The first-order valence-electron chi connectivity index (χ1n) is 6.55. The Morgan fingerprint density at radius 2 is 2.00 bits per heavy atom. The summed E-state index contributed by atoms with van der Waals surface area (Å²) in [5.74, 6) is -0.429. The van der Waals surface area contributed by atoms with Crippen LogP contribution in [-0.2, 0) is 17.8 Å². The summed E-state index contributed by atoms with van der Waals surface area (Å²) < 4.78 is 5.28. The molecule has 0 saturated heterocycles. The normalized spacial score (nSPS) is 10.3. The van der Waals surface area contributed by atoms with Gasteiger partial charge in [0.25, 0.3) is 0 Å². The van der Waals surface area contributed by atoms with Gasteiger partial charge in [-0.15, -0.1) is 0 Å².